The highest BCUT2D eigenvalue weighted by Gasteiger charge is 2.35. The molecule has 2 aliphatic heterocycles. The molecule has 3 heterocycles. The van der Waals surface area contributed by atoms with Crippen LogP contribution in [0.2, 0.25) is 0 Å². The predicted octanol–water partition coefficient (Wildman–Crippen LogP) is 0.496. The van der Waals surface area contributed by atoms with E-state index in [1.807, 2.05) is 4.90 Å². The van der Waals surface area contributed by atoms with Crippen LogP contribution < -0.4 is 5.32 Å². The summed E-state index contributed by atoms with van der Waals surface area (Å²) in [6, 6.07) is 1.80. The number of carbonyl (C=O) groups excluding carboxylic acids is 1. The molecule has 108 valence electrons. The third kappa shape index (κ3) is 2.24. The van der Waals surface area contributed by atoms with Gasteiger partial charge in [-0.05, 0) is 13.0 Å². The van der Waals surface area contributed by atoms with Crippen LogP contribution in [0, 0.1) is 6.92 Å². The lowest BCUT2D eigenvalue weighted by atomic mass is 10.2. The number of carbonyl (C=O) groups is 2. The van der Waals surface area contributed by atoms with E-state index in [1.165, 1.54) is 0 Å². The van der Waals surface area contributed by atoms with Gasteiger partial charge in [-0.2, -0.15) is 0 Å². The molecule has 7 heteroatoms. The highest BCUT2D eigenvalue weighted by atomic mass is 16.4. The molecule has 0 spiro atoms. The summed E-state index contributed by atoms with van der Waals surface area (Å²) in [6.07, 6.45) is 0. The minimum absolute atomic E-state index is 0.0108. The van der Waals surface area contributed by atoms with Gasteiger partial charge in [0.15, 0.2) is 0 Å². The molecular formula is C13H17N3O4. The Labute approximate surface area is 116 Å². The van der Waals surface area contributed by atoms with Crippen molar-refractivity contribution in [2.45, 2.75) is 19.5 Å². The molecule has 0 aliphatic carbocycles. The summed E-state index contributed by atoms with van der Waals surface area (Å²) >= 11 is 0. The molecule has 0 bridgehead atoms. The van der Waals surface area contributed by atoms with Crippen molar-refractivity contribution in [3.05, 3.63) is 23.2 Å². The minimum atomic E-state index is -0.965. The molecule has 2 fully saturated rings. The Morgan fingerprint density at radius 1 is 1.55 bits per heavy atom. The summed E-state index contributed by atoms with van der Waals surface area (Å²) < 4.78 is 5.49. The van der Waals surface area contributed by atoms with Crippen LogP contribution in [0.15, 0.2) is 10.5 Å². The van der Waals surface area contributed by atoms with Crippen molar-refractivity contribution in [2.75, 3.05) is 26.2 Å². The average Bonchev–Trinajstić information content (AvgIpc) is 2.94. The lowest BCUT2D eigenvalue weighted by molar-refractivity contribution is 0.0695. The first kappa shape index (κ1) is 13.0. The van der Waals surface area contributed by atoms with Crippen molar-refractivity contribution < 1.29 is 19.1 Å². The number of amides is 2. The summed E-state index contributed by atoms with van der Waals surface area (Å²) in [6.45, 7) is 5.15. The molecule has 1 unspecified atom stereocenters. The zero-order chi connectivity index (χ0) is 14.3. The van der Waals surface area contributed by atoms with Gasteiger partial charge in [0.25, 0.3) is 0 Å². The third-order valence-electron chi connectivity index (χ3n) is 3.90. The Morgan fingerprint density at radius 2 is 2.35 bits per heavy atom. The molecular weight excluding hydrogens is 262 g/mol. The van der Waals surface area contributed by atoms with Crippen LogP contribution in [0.4, 0.5) is 4.79 Å². The van der Waals surface area contributed by atoms with Crippen molar-refractivity contribution in [1.82, 2.24) is 15.1 Å². The fraction of sp³-hybridized carbons (Fsp3) is 0.538. The number of piperazine rings is 1. The van der Waals surface area contributed by atoms with Crippen LogP contribution in [0.3, 0.4) is 0 Å². The van der Waals surface area contributed by atoms with Crippen molar-refractivity contribution in [3.8, 4) is 0 Å². The van der Waals surface area contributed by atoms with E-state index >= 15 is 0 Å². The number of nitrogens with zero attached hydrogens (tertiary/aromatic N) is 2. The van der Waals surface area contributed by atoms with Gasteiger partial charge in [-0.3, -0.25) is 4.90 Å². The summed E-state index contributed by atoms with van der Waals surface area (Å²) in [7, 11) is 0. The average molecular weight is 279 g/mol. The second kappa shape index (κ2) is 4.82. The van der Waals surface area contributed by atoms with Crippen LogP contribution in [0.1, 0.15) is 21.9 Å². The molecule has 20 heavy (non-hydrogen) atoms. The molecule has 2 amide bonds. The van der Waals surface area contributed by atoms with E-state index in [2.05, 4.69) is 10.2 Å². The zero-order valence-corrected chi connectivity index (χ0v) is 11.3. The number of nitrogens with one attached hydrogen (secondary N) is 1. The van der Waals surface area contributed by atoms with Crippen molar-refractivity contribution in [3.63, 3.8) is 0 Å². The molecule has 0 saturated carbocycles. The van der Waals surface area contributed by atoms with Crippen LogP contribution in [0.5, 0.6) is 0 Å². The monoisotopic (exact) mass is 279 g/mol. The maximum atomic E-state index is 11.5. The fourth-order valence-electron chi connectivity index (χ4n) is 2.87. The van der Waals surface area contributed by atoms with Crippen molar-refractivity contribution in [1.29, 1.82) is 0 Å². The van der Waals surface area contributed by atoms with Crippen LogP contribution >= 0.6 is 0 Å². The van der Waals surface area contributed by atoms with Crippen LogP contribution in [-0.2, 0) is 6.54 Å². The second-order valence-electron chi connectivity index (χ2n) is 5.26. The third-order valence-corrected chi connectivity index (χ3v) is 3.90. The van der Waals surface area contributed by atoms with Gasteiger partial charge in [0, 0.05) is 26.2 Å². The van der Waals surface area contributed by atoms with E-state index in [1.54, 1.807) is 13.0 Å². The Morgan fingerprint density at radius 3 is 3.05 bits per heavy atom. The number of carboxylic acid groups (broad SMARTS) is 1. The first-order valence-corrected chi connectivity index (χ1v) is 6.64. The SMILES string of the molecule is Cc1oc(CN2CCN3C(=O)NCC3C2)cc1C(=O)O. The number of carboxylic acids is 1. The summed E-state index contributed by atoms with van der Waals surface area (Å²) in [4.78, 5) is 26.5. The van der Waals surface area contributed by atoms with Crippen molar-refractivity contribution >= 4 is 12.0 Å². The van der Waals surface area contributed by atoms with Gasteiger partial charge in [-0.15, -0.1) is 0 Å². The predicted molar refractivity (Wildman–Crippen MR) is 69.6 cm³/mol. The molecule has 2 N–H and O–H groups in total. The summed E-state index contributed by atoms with van der Waals surface area (Å²) in [5.74, 6) is 0.127. The van der Waals surface area contributed by atoms with E-state index in [-0.39, 0.29) is 17.6 Å². The lowest BCUT2D eigenvalue weighted by Gasteiger charge is -2.35. The van der Waals surface area contributed by atoms with E-state index in [0.29, 0.717) is 31.2 Å². The molecule has 1 atom stereocenters. The number of furan rings is 1. The topological polar surface area (TPSA) is 86.0 Å². The molecule has 1 aromatic rings. The molecule has 0 aromatic carbocycles. The van der Waals surface area contributed by atoms with E-state index in [0.717, 1.165) is 13.1 Å². The maximum Gasteiger partial charge on any atom is 0.339 e. The smallest absolute Gasteiger partial charge is 0.339 e. The van der Waals surface area contributed by atoms with E-state index in [9.17, 15) is 9.59 Å². The molecule has 3 rings (SSSR count). The number of fused-ring (bicyclic) bond motifs is 1. The van der Waals surface area contributed by atoms with Gasteiger partial charge in [-0.1, -0.05) is 0 Å². The molecule has 2 saturated heterocycles. The largest absolute Gasteiger partial charge is 0.478 e. The number of aromatic carboxylic acids is 1. The van der Waals surface area contributed by atoms with Gasteiger partial charge < -0.3 is 19.7 Å². The van der Waals surface area contributed by atoms with Crippen LogP contribution in [-0.4, -0.2) is 59.1 Å². The molecule has 0 radical (unpaired) electrons. The summed E-state index contributed by atoms with van der Waals surface area (Å²) in [5.41, 5.74) is 0.219. The number of urea groups is 1. The van der Waals surface area contributed by atoms with Crippen LogP contribution in [0.25, 0.3) is 0 Å². The molecule has 2 aliphatic rings. The zero-order valence-electron chi connectivity index (χ0n) is 11.3. The van der Waals surface area contributed by atoms with E-state index < -0.39 is 5.97 Å². The number of rotatable bonds is 3. The second-order valence-corrected chi connectivity index (χ2v) is 5.26. The highest BCUT2D eigenvalue weighted by molar-refractivity contribution is 5.88. The standard InChI is InChI=1S/C13H17N3O4/c1-8-11(12(17)18)4-10(20-8)7-15-2-3-16-9(6-15)5-14-13(16)19/h4,9H,2-3,5-7H2,1H3,(H,14,19)(H,17,18). The number of hydrogen-bond acceptors (Lipinski definition) is 4. The number of aryl methyl sites for hydroxylation is 1. The lowest BCUT2D eigenvalue weighted by Crippen LogP contribution is -2.51. The van der Waals surface area contributed by atoms with Gasteiger partial charge in [0.1, 0.15) is 17.1 Å². The molecule has 1 aromatic heterocycles. The Hall–Kier alpha value is -2.02. The normalized spacial score (nSPS) is 22.8. The van der Waals surface area contributed by atoms with Crippen molar-refractivity contribution in [2.24, 2.45) is 0 Å². The molecule has 7 nitrogen and oxygen atoms in total. The Balaban J connectivity index is 1.66. The highest BCUT2D eigenvalue weighted by Crippen LogP contribution is 2.19. The van der Waals surface area contributed by atoms with Gasteiger partial charge >= 0.3 is 12.0 Å². The van der Waals surface area contributed by atoms with Gasteiger partial charge in [-0.25, -0.2) is 9.59 Å². The fourth-order valence-corrected chi connectivity index (χ4v) is 2.87. The van der Waals surface area contributed by atoms with Gasteiger partial charge in [0.2, 0.25) is 0 Å². The number of hydrogen-bond donors (Lipinski definition) is 2. The first-order valence-electron chi connectivity index (χ1n) is 6.64. The Kier molecular flexibility index (Phi) is 3.13. The minimum Gasteiger partial charge on any atom is -0.478 e. The van der Waals surface area contributed by atoms with Gasteiger partial charge in [0.05, 0.1) is 12.6 Å². The quantitative estimate of drug-likeness (QED) is 0.841. The Bertz CT molecular complexity index is 554. The first-order chi connectivity index (χ1) is 9.54. The van der Waals surface area contributed by atoms with E-state index in [4.69, 9.17) is 9.52 Å². The summed E-state index contributed by atoms with van der Waals surface area (Å²) in [5, 5.41) is 11.8. The maximum absolute atomic E-state index is 11.5.